The molecule has 0 aromatic heterocycles. The fourth-order valence-electron chi connectivity index (χ4n) is 4.28. The molecule has 218 valence electrons. The van der Waals surface area contributed by atoms with E-state index < -0.39 is 18.0 Å². The summed E-state index contributed by atoms with van der Waals surface area (Å²) in [6.45, 7) is 2.34. The summed E-state index contributed by atoms with van der Waals surface area (Å²) >= 11 is 6.39. The molecule has 0 unspecified atom stereocenters. The van der Waals surface area contributed by atoms with Crippen molar-refractivity contribution in [2.45, 2.75) is 44.3 Å². The fraction of sp³-hybridized carbons (Fsp3) is 0.464. The van der Waals surface area contributed by atoms with Gasteiger partial charge >= 0.3 is 0 Å². The van der Waals surface area contributed by atoms with Crippen molar-refractivity contribution in [3.05, 3.63) is 58.6 Å². The fourth-order valence-corrected chi connectivity index (χ4v) is 4.57. The van der Waals surface area contributed by atoms with Crippen molar-refractivity contribution >= 4 is 29.3 Å². The highest BCUT2D eigenvalue weighted by Gasteiger charge is 2.26. The van der Waals surface area contributed by atoms with Crippen LogP contribution in [0.1, 0.15) is 30.4 Å². The Kier molecular flexibility index (Phi) is 12.5. The molecular formula is C28H39ClN6O5. The first-order chi connectivity index (χ1) is 19.3. The third kappa shape index (κ3) is 9.37. The minimum absolute atomic E-state index is 0.157. The predicted molar refractivity (Wildman–Crippen MR) is 153 cm³/mol. The van der Waals surface area contributed by atoms with Gasteiger partial charge in [-0.2, -0.15) is 0 Å². The average molecular weight is 575 g/mol. The summed E-state index contributed by atoms with van der Waals surface area (Å²) in [5, 5.41) is 6.00. The van der Waals surface area contributed by atoms with Gasteiger partial charge in [-0.05, 0) is 36.1 Å². The Morgan fingerprint density at radius 1 is 0.975 bits per heavy atom. The molecule has 11 nitrogen and oxygen atoms in total. The van der Waals surface area contributed by atoms with Crippen LogP contribution < -0.4 is 37.3 Å². The molecule has 2 aromatic rings. The Labute approximate surface area is 239 Å². The van der Waals surface area contributed by atoms with E-state index in [0.29, 0.717) is 55.7 Å². The number of hydrogen-bond donors (Lipinski definition) is 5. The van der Waals surface area contributed by atoms with Crippen molar-refractivity contribution < 1.29 is 23.9 Å². The molecule has 0 saturated carbocycles. The van der Waals surface area contributed by atoms with Crippen LogP contribution in [0.15, 0.2) is 42.5 Å². The Bertz CT molecular complexity index is 1130. The van der Waals surface area contributed by atoms with Gasteiger partial charge in [-0.25, -0.2) is 0 Å². The number of nitrogens with two attached hydrogens (primary N) is 3. The number of fused-ring (bicyclic) bond motifs is 1. The largest absolute Gasteiger partial charge is 0.489 e. The van der Waals surface area contributed by atoms with E-state index in [1.165, 1.54) is 4.90 Å². The maximum absolute atomic E-state index is 13.3. The van der Waals surface area contributed by atoms with Crippen molar-refractivity contribution in [1.82, 2.24) is 15.5 Å². The Hall–Kier alpha value is -3.38. The Balaban J connectivity index is 1.66. The van der Waals surface area contributed by atoms with Gasteiger partial charge < -0.3 is 42.2 Å². The predicted octanol–water partition coefficient (Wildman–Crippen LogP) is 0.699. The summed E-state index contributed by atoms with van der Waals surface area (Å²) in [5.41, 5.74) is 19.0. The van der Waals surface area contributed by atoms with Crippen LogP contribution in [0.4, 0.5) is 0 Å². The highest BCUT2D eigenvalue weighted by Crippen LogP contribution is 2.37. The van der Waals surface area contributed by atoms with Gasteiger partial charge in [0.1, 0.15) is 6.04 Å². The van der Waals surface area contributed by atoms with Gasteiger partial charge in [-0.15, -0.1) is 0 Å². The normalized spacial score (nSPS) is 14.0. The highest BCUT2D eigenvalue weighted by atomic mass is 35.5. The van der Waals surface area contributed by atoms with Gasteiger partial charge in [0.05, 0.1) is 30.7 Å². The summed E-state index contributed by atoms with van der Waals surface area (Å²) in [4.78, 5) is 40.3. The van der Waals surface area contributed by atoms with E-state index in [0.717, 1.165) is 17.5 Å². The van der Waals surface area contributed by atoms with Crippen molar-refractivity contribution in [2.75, 3.05) is 39.4 Å². The maximum atomic E-state index is 13.3. The first-order valence-corrected chi connectivity index (χ1v) is 13.8. The number of carbonyl (C=O) groups is 3. The number of aryl methyl sites for hydroxylation is 1. The van der Waals surface area contributed by atoms with E-state index in [9.17, 15) is 14.4 Å². The lowest BCUT2D eigenvalue weighted by atomic mass is 10.0. The minimum atomic E-state index is -1.14. The number of rotatable bonds is 14. The first-order valence-electron chi connectivity index (χ1n) is 13.5. The zero-order chi connectivity index (χ0) is 28.9. The van der Waals surface area contributed by atoms with Crippen molar-refractivity contribution in [3.63, 3.8) is 0 Å². The van der Waals surface area contributed by atoms with E-state index in [1.54, 1.807) is 12.1 Å². The third-order valence-corrected chi connectivity index (χ3v) is 6.69. The molecular weight excluding hydrogens is 536 g/mol. The molecule has 0 fully saturated rings. The summed E-state index contributed by atoms with van der Waals surface area (Å²) in [5.74, 6) is -0.297. The molecule has 1 heterocycles. The number of amides is 3. The Morgan fingerprint density at radius 2 is 1.68 bits per heavy atom. The molecule has 0 saturated heterocycles. The van der Waals surface area contributed by atoms with Crippen LogP contribution in [0.25, 0.3) is 0 Å². The Morgan fingerprint density at radius 3 is 2.38 bits per heavy atom. The van der Waals surface area contributed by atoms with Crippen LogP contribution in [-0.2, 0) is 27.3 Å². The molecule has 12 heteroatoms. The molecule has 1 aliphatic rings. The summed E-state index contributed by atoms with van der Waals surface area (Å²) in [6.07, 6.45) is 1.39. The molecule has 2 atom stereocenters. The lowest BCUT2D eigenvalue weighted by molar-refractivity contribution is -0.135. The van der Waals surface area contributed by atoms with E-state index >= 15 is 0 Å². The third-order valence-electron chi connectivity index (χ3n) is 6.41. The van der Waals surface area contributed by atoms with Crippen LogP contribution in [0.2, 0.25) is 5.02 Å². The van der Waals surface area contributed by atoms with Gasteiger partial charge in [-0.1, -0.05) is 41.9 Å². The van der Waals surface area contributed by atoms with Crippen molar-refractivity contribution in [1.29, 1.82) is 0 Å². The first kappa shape index (κ1) is 31.2. The SMILES string of the molecule is NCCN(CCN)C(=O)C[C@H](N)C(=O)N[C@@H](CCc1ccccc1)C(=O)NCc1cc(Cl)c2c(c1)OCCCO2. The van der Waals surface area contributed by atoms with Gasteiger partial charge in [0, 0.05) is 39.1 Å². The molecule has 3 rings (SSSR count). The van der Waals surface area contributed by atoms with Gasteiger partial charge in [0.15, 0.2) is 11.5 Å². The van der Waals surface area contributed by atoms with Gasteiger partial charge in [-0.3, -0.25) is 14.4 Å². The lowest BCUT2D eigenvalue weighted by Crippen LogP contribution is -2.53. The van der Waals surface area contributed by atoms with Gasteiger partial charge in [0.25, 0.3) is 0 Å². The molecule has 8 N–H and O–H groups in total. The van der Waals surface area contributed by atoms with Crippen molar-refractivity contribution in [2.24, 2.45) is 17.2 Å². The molecule has 1 aliphatic heterocycles. The molecule has 0 aliphatic carbocycles. The van der Waals surface area contributed by atoms with Crippen LogP contribution in [-0.4, -0.2) is 74.1 Å². The number of carbonyl (C=O) groups excluding carboxylic acids is 3. The molecule has 0 spiro atoms. The van der Waals surface area contributed by atoms with E-state index in [4.69, 9.17) is 38.3 Å². The smallest absolute Gasteiger partial charge is 0.242 e. The number of ether oxygens (including phenoxy) is 2. The number of nitrogens with one attached hydrogen (secondary N) is 2. The lowest BCUT2D eigenvalue weighted by Gasteiger charge is -2.24. The quantitative estimate of drug-likeness (QED) is 0.219. The van der Waals surface area contributed by atoms with Gasteiger partial charge in [0.2, 0.25) is 17.7 Å². The topological polar surface area (TPSA) is 175 Å². The highest BCUT2D eigenvalue weighted by molar-refractivity contribution is 6.32. The number of nitrogens with zero attached hydrogens (tertiary/aromatic N) is 1. The molecule has 2 aromatic carbocycles. The standard InChI is InChI=1S/C28H39ClN6O5/c29-21-15-20(16-24-26(21)40-14-4-13-39-24)18-33-28(38)23(8-7-19-5-2-1-3-6-19)34-27(37)22(32)17-25(36)35(11-9-30)12-10-31/h1-3,5-6,15-16,22-23H,4,7-14,17-18,30-32H2,(H,33,38)(H,34,37)/t22-,23-/m0/s1. The summed E-state index contributed by atoms with van der Waals surface area (Å²) < 4.78 is 11.4. The average Bonchev–Trinajstić information content (AvgIpc) is 3.20. The summed E-state index contributed by atoms with van der Waals surface area (Å²) in [7, 11) is 0. The molecule has 0 radical (unpaired) electrons. The van der Waals surface area contributed by atoms with Crippen LogP contribution >= 0.6 is 11.6 Å². The molecule has 3 amide bonds. The summed E-state index contributed by atoms with van der Waals surface area (Å²) in [6, 6.07) is 11.1. The second-order valence-electron chi connectivity index (χ2n) is 9.53. The second-order valence-corrected chi connectivity index (χ2v) is 9.93. The second kappa shape index (κ2) is 16.0. The van der Waals surface area contributed by atoms with E-state index in [2.05, 4.69) is 10.6 Å². The maximum Gasteiger partial charge on any atom is 0.242 e. The number of halogens is 1. The zero-order valence-electron chi connectivity index (χ0n) is 22.6. The van der Waals surface area contributed by atoms with Crippen molar-refractivity contribution in [3.8, 4) is 11.5 Å². The monoisotopic (exact) mass is 574 g/mol. The number of hydrogen-bond acceptors (Lipinski definition) is 8. The van der Waals surface area contributed by atoms with E-state index in [-0.39, 0.29) is 37.9 Å². The van der Waals surface area contributed by atoms with Crippen LogP contribution in [0.3, 0.4) is 0 Å². The minimum Gasteiger partial charge on any atom is -0.489 e. The molecule has 40 heavy (non-hydrogen) atoms. The van der Waals surface area contributed by atoms with Crippen LogP contribution in [0, 0.1) is 0 Å². The number of benzene rings is 2. The molecule has 0 bridgehead atoms. The van der Waals surface area contributed by atoms with Crippen LogP contribution in [0.5, 0.6) is 11.5 Å². The zero-order valence-corrected chi connectivity index (χ0v) is 23.3. The van der Waals surface area contributed by atoms with E-state index in [1.807, 2.05) is 30.3 Å².